The zero-order valence-corrected chi connectivity index (χ0v) is 16.0. The number of rotatable bonds is 3. The van der Waals surface area contributed by atoms with E-state index >= 15 is 0 Å². The van der Waals surface area contributed by atoms with Crippen LogP contribution in [-0.4, -0.2) is 18.4 Å². The van der Waals surface area contributed by atoms with Crippen molar-refractivity contribution in [2.45, 2.75) is 26.4 Å². The number of fused-ring (bicyclic) bond motifs is 4. The molecule has 2 aliphatic heterocycles. The summed E-state index contributed by atoms with van der Waals surface area (Å²) in [5.41, 5.74) is 3.00. The molecule has 1 aromatic heterocycles. The molecule has 28 heavy (non-hydrogen) atoms. The summed E-state index contributed by atoms with van der Waals surface area (Å²) in [6, 6.07) is 9.25. The fourth-order valence-corrected chi connectivity index (χ4v) is 4.07. The highest BCUT2D eigenvalue weighted by Gasteiger charge is 2.25. The molecule has 0 N–H and O–H groups in total. The van der Waals surface area contributed by atoms with E-state index in [1.54, 1.807) is 0 Å². The Hall–Kier alpha value is -2.70. The number of ether oxygens (including phenoxy) is 3. The van der Waals surface area contributed by atoms with Gasteiger partial charge >= 0.3 is 5.63 Å². The lowest BCUT2D eigenvalue weighted by Crippen LogP contribution is -2.32. The second kappa shape index (κ2) is 6.72. The Bertz CT molecular complexity index is 1140. The maximum Gasteiger partial charge on any atom is 0.336 e. The van der Waals surface area contributed by atoms with E-state index in [0.29, 0.717) is 36.2 Å². The van der Waals surface area contributed by atoms with Crippen LogP contribution in [0.4, 0.5) is 0 Å². The SMILES string of the molecule is CCc1cc(=O)oc2c3c(c(Cl)cc12)OCN(Cc1ccc2c(c1)OCO2)C3. The first-order valence-electron chi connectivity index (χ1n) is 9.14. The molecule has 0 saturated heterocycles. The third kappa shape index (κ3) is 2.89. The molecular formula is C21H18ClNO5. The minimum absolute atomic E-state index is 0.252. The lowest BCUT2D eigenvalue weighted by atomic mass is 10.0. The molecule has 0 amide bonds. The minimum Gasteiger partial charge on any atom is -0.476 e. The van der Waals surface area contributed by atoms with Gasteiger partial charge in [-0.2, -0.15) is 0 Å². The Morgan fingerprint density at radius 2 is 1.96 bits per heavy atom. The van der Waals surface area contributed by atoms with Gasteiger partial charge < -0.3 is 18.6 Å². The van der Waals surface area contributed by atoms with Gasteiger partial charge in [0.2, 0.25) is 6.79 Å². The smallest absolute Gasteiger partial charge is 0.336 e. The van der Waals surface area contributed by atoms with Crippen LogP contribution < -0.4 is 19.8 Å². The first kappa shape index (κ1) is 17.4. The van der Waals surface area contributed by atoms with Crippen molar-refractivity contribution < 1.29 is 18.6 Å². The van der Waals surface area contributed by atoms with Crippen LogP contribution in [0.15, 0.2) is 39.5 Å². The number of halogens is 1. The summed E-state index contributed by atoms with van der Waals surface area (Å²) in [5, 5.41) is 1.40. The molecule has 3 aromatic rings. The summed E-state index contributed by atoms with van der Waals surface area (Å²) in [7, 11) is 0. The van der Waals surface area contributed by atoms with Crippen molar-refractivity contribution in [2.75, 3.05) is 13.5 Å². The lowest BCUT2D eigenvalue weighted by molar-refractivity contribution is 0.0890. The largest absolute Gasteiger partial charge is 0.476 e. The van der Waals surface area contributed by atoms with Crippen LogP contribution in [0.3, 0.4) is 0 Å². The molecule has 0 unspecified atom stereocenters. The van der Waals surface area contributed by atoms with Gasteiger partial charge in [-0.05, 0) is 35.7 Å². The van der Waals surface area contributed by atoms with E-state index in [1.165, 1.54) is 6.07 Å². The summed E-state index contributed by atoms with van der Waals surface area (Å²) in [6.07, 6.45) is 0.721. The predicted molar refractivity (Wildman–Crippen MR) is 104 cm³/mol. The van der Waals surface area contributed by atoms with Crippen LogP contribution in [0.2, 0.25) is 5.02 Å². The molecule has 2 aliphatic rings. The zero-order chi connectivity index (χ0) is 19.3. The normalized spacial score (nSPS) is 15.5. The Labute approximate surface area is 166 Å². The van der Waals surface area contributed by atoms with Crippen molar-refractivity contribution in [1.82, 2.24) is 4.90 Å². The van der Waals surface area contributed by atoms with Gasteiger partial charge in [0, 0.05) is 24.5 Å². The van der Waals surface area contributed by atoms with Gasteiger partial charge in [-0.3, -0.25) is 4.90 Å². The summed E-state index contributed by atoms with van der Waals surface area (Å²) in [5.74, 6) is 2.10. The molecule has 0 radical (unpaired) electrons. The van der Waals surface area contributed by atoms with Crippen LogP contribution >= 0.6 is 11.6 Å². The predicted octanol–water partition coefficient (Wildman–Crippen LogP) is 4.09. The van der Waals surface area contributed by atoms with Crippen LogP contribution in [-0.2, 0) is 19.5 Å². The van der Waals surface area contributed by atoms with Crippen molar-refractivity contribution in [3.63, 3.8) is 0 Å². The topological polar surface area (TPSA) is 61.1 Å². The molecule has 0 fully saturated rings. The Balaban J connectivity index is 1.51. The second-order valence-corrected chi connectivity index (χ2v) is 7.34. The second-order valence-electron chi connectivity index (χ2n) is 6.94. The molecule has 0 aliphatic carbocycles. The van der Waals surface area contributed by atoms with E-state index in [4.69, 9.17) is 30.2 Å². The van der Waals surface area contributed by atoms with Crippen LogP contribution in [0.1, 0.15) is 23.6 Å². The average molecular weight is 400 g/mol. The Kier molecular flexibility index (Phi) is 4.18. The standard InChI is InChI=1S/C21H18ClNO5/c1-2-13-6-19(24)28-20-14(13)7-16(22)21-15(20)9-23(10-25-21)8-12-3-4-17-18(5-12)27-11-26-17/h3-7H,2,8-11H2,1H3. The fraction of sp³-hybridized carbons (Fsp3) is 0.286. The fourth-order valence-electron chi connectivity index (χ4n) is 3.79. The van der Waals surface area contributed by atoms with Gasteiger partial charge in [0.1, 0.15) is 18.1 Å². The van der Waals surface area contributed by atoms with E-state index in [0.717, 1.165) is 40.0 Å². The average Bonchev–Trinajstić information content (AvgIpc) is 3.16. The Morgan fingerprint density at radius 3 is 2.82 bits per heavy atom. The van der Waals surface area contributed by atoms with Gasteiger partial charge in [0.25, 0.3) is 0 Å². The zero-order valence-electron chi connectivity index (χ0n) is 15.3. The highest BCUT2D eigenvalue weighted by atomic mass is 35.5. The number of hydrogen-bond acceptors (Lipinski definition) is 6. The molecule has 2 aromatic carbocycles. The van der Waals surface area contributed by atoms with Crippen molar-refractivity contribution >= 4 is 22.6 Å². The molecule has 0 spiro atoms. The summed E-state index contributed by atoms with van der Waals surface area (Å²) in [6.45, 7) is 3.87. The molecule has 6 nitrogen and oxygen atoms in total. The van der Waals surface area contributed by atoms with Gasteiger partial charge in [0.15, 0.2) is 11.5 Å². The van der Waals surface area contributed by atoms with E-state index in [9.17, 15) is 4.79 Å². The quantitative estimate of drug-likeness (QED) is 0.618. The van der Waals surface area contributed by atoms with Gasteiger partial charge in [-0.1, -0.05) is 24.6 Å². The first-order chi connectivity index (χ1) is 13.6. The summed E-state index contributed by atoms with van der Waals surface area (Å²) >= 11 is 6.47. The molecule has 144 valence electrons. The van der Waals surface area contributed by atoms with Crippen LogP contribution in [0.25, 0.3) is 11.0 Å². The summed E-state index contributed by atoms with van der Waals surface area (Å²) < 4.78 is 22.3. The monoisotopic (exact) mass is 399 g/mol. The van der Waals surface area contributed by atoms with E-state index in [2.05, 4.69) is 4.90 Å². The number of aryl methyl sites for hydroxylation is 1. The van der Waals surface area contributed by atoms with Crippen molar-refractivity contribution in [3.05, 3.63) is 62.5 Å². The van der Waals surface area contributed by atoms with E-state index < -0.39 is 0 Å². The number of nitrogens with zero attached hydrogens (tertiary/aromatic N) is 1. The van der Waals surface area contributed by atoms with Crippen LogP contribution in [0.5, 0.6) is 17.2 Å². The van der Waals surface area contributed by atoms with Crippen molar-refractivity contribution in [2.24, 2.45) is 0 Å². The maximum atomic E-state index is 12.0. The van der Waals surface area contributed by atoms with E-state index in [-0.39, 0.29) is 12.4 Å². The number of benzene rings is 2. The third-order valence-corrected chi connectivity index (χ3v) is 5.40. The highest BCUT2D eigenvalue weighted by Crippen LogP contribution is 2.40. The molecule has 0 atom stereocenters. The van der Waals surface area contributed by atoms with Gasteiger partial charge in [0.05, 0.1) is 10.6 Å². The van der Waals surface area contributed by atoms with E-state index in [1.807, 2.05) is 31.2 Å². The highest BCUT2D eigenvalue weighted by molar-refractivity contribution is 6.33. The molecule has 0 bridgehead atoms. The molecular weight excluding hydrogens is 382 g/mol. The number of hydrogen-bond donors (Lipinski definition) is 0. The van der Waals surface area contributed by atoms with Gasteiger partial charge in [-0.15, -0.1) is 0 Å². The van der Waals surface area contributed by atoms with Crippen molar-refractivity contribution in [3.8, 4) is 17.2 Å². The Morgan fingerprint density at radius 1 is 1.11 bits per heavy atom. The third-order valence-electron chi connectivity index (χ3n) is 5.12. The first-order valence-corrected chi connectivity index (χ1v) is 9.52. The molecule has 0 saturated carbocycles. The van der Waals surface area contributed by atoms with Crippen LogP contribution in [0, 0.1) is 0 Å². The lowest BCUT2D eigenvalue weighted by Gasteiger charge is -2.30. The molecule has 7 heteroatoms. The summed E-state index contributed by atoms with van der Waals surface area (Å²) in [4.78, 5) is 14.2. The molecule has 3 heterocycles. The minimum atomic E-state index is -0.359. The van der Waals surface area contributed by atoms with Gasteiger partial charge in [-0.25, -0.2) is 4.79 Å². The maximum absolute atomic E-state index is 12.0. The molecule has 5 rings (SSSR count). The van der Waals surface area contributed by atoms with Crippen molar-refractivity contribution in [1.29, 1.82) is 0 Å².